The summed E-state index contributed by atoms with van der Waals surface area (Å²) in [4.78, 5) is 20.1. The first-order valence-electron chi connectivity index (χ1n) is 20.2. The Balaban J connectivity index is 1.33. The van der Waals surface area contributed by atoms with E-state index in [1.807, 2.05) is 66.1 Å². The number of benzene rings is 3. The second-order valence-corrected chi connectivity index (χ2v) is 19.4. The van der Waals surface area contributed by atoms with Gasteiger partial charge in [-0.1, -0.05) is 48.6 Å². The largest absolute Gasteiger partial charge is 0.492 e. The Hall–Kier alpha value is -5.94. The summed E-state index contributed by atoms with van der Waals surface area (Å²) in [5, 5.41) is 20.0. The normalized spacial score (nSPS) is 18.9. The molecule has 3 aliphatic rings. The lowest BCUT2D eigenvalue weighted by atomic mass is 9.75. The van der Waals surface area contributed by atoms with Gasteiger partial charge in [0, 0.05) is 77.7 Å². The molecule has 7 rings (SSSR count). The molecular formula is C46H50N3O11S2+. The molecule has 0 saturated carbocycles. The summed E-state index contributed by atoms with van der Waals surface area (Å²) in [7, 11) is -8.96. The van der Waals surface area contributed by atoms with E-state index >= 15 is 0 Å². The maximum absolute atomic E-state index is 12.9. The summed E-state index contributed by atoms with van der Waals surface area (Å²) < 4.78 is 77.4. The van der Waals surface area contributed by atoms with E-state index in [-0.39, 0.29) is 42.7 Å². The van der Waals surface area contributed by atoms with Crippen LogP contribution in [0.3, 0.4) is 0 Å². The summed E-state index contributed by atoms with van der Waals surface area (Å²) in [6.07, 6.45) is 10.2. The summed E-state index contributed by atoms with van der Waals surface area (Å²) in [6.45, 7) is 11.3. The number of rotatable bonds is 14. The first-order valence-corrected chi connectivity index (χ1v) is 23.3. The van der Waals surface area contributed by atoms with Crippen molar-refractivity contribution in [2.45, 2.75) is 76.2 Å². The molecule has 0 spiro atoms. The maximum Gasteiger partial charge on any atom is 0.333 e. The van der Waals surface area contributed by atoms with Gasteiger partial charge in [-0.05, 0) is 82.9 Å². The van der Waals surface area contributed by atoms with Crippen molar-refractivity contribution in [2.75, 3.05) is 23.7 Å². The van der Waals surface area contributed by atoms with Crippen LogP contribution in [0.2, 0.25) is 0 Å². The van der Waals surface area contributed by atoms with Crippen molar-refractivity contribution in [1.29, 1.82) is 0 Å². The number of nitrogens with zero attached hydrogens (tertiary/aromatic N) is 3. The predicted octanol–water partition coefficient (Wildman–Crippen LogP) is 7.70. The van der Waals surface area contributed by atoms with E-state index in [0.29, 0.717) is 33.2 Å². The molecule has 4 aromatic rings. The highest BCUT2D eigenvalue weighted by Crippen LogP contribution is 2.48. The van der Waals surface area contributed by atoms with E-state index in [2.05, 4.69) is 50.8 Å². The number of aromatic nitrogens is 1. The molecule has 0 amide bonds. The zero-order chi connectivity index (χ0) is 44.8. The Morgan fingerprint density at radius 1 is 0.919 bits per heavy atom. The van der Waals surface area contributed by atoms with Gasteiger partial charge in [0.05, 0.1) is 21.6 Å². The molecule has 326 valence electrons. The van der Waals surface area contributed by atoms with E-state index < -0.39 is 49.1 Å². The summed E-state index contributed by atoms with van der Waals surface area (Å²) in [5.74, 6) is -0.915. The van der Waals surface area contributed by atoms with E-state index in [0.717, 1.165) is 52.2 Å². The molecule has 1 unspecified atom stereocenters. The molecule has 0 bridgehead atoms. The second kappa shape index (κ2) is 16.7. The van der Waals surface area contributed by atoms with E-state index in [1.165, 1.54) is 12.1 Å². The van der Waals surface area contributed by atoms with Crippen LogP contribution in [0, 0.1) is 0 Å². The second-order valence-electron chi connectivity index (χ2n) is 16.4. The Morgan fingerprint density at radius 3 is 2.29 bits per heavy atom. The van der Waals surface area contributed by atoms with Gasteiger partial charge >= 0.3 is 5.97 Å². The zero-order valence-corrected chi connectivity index (χ0v) is 36.7. The van der Waals surface area contributed by atoms with Gasteiger partial charge < -0.3 is 24.7 Å². The average molecular weight is 885 g/mol. The number of hydrogen-bond acceptors (Lipinski definition) is 10. The Morgan fingerprint density at radius 2 is 1.63 bits per heavy atom. The minimum Gasteiger partial charge on any atom is -0.492 e. The zero-order valence-electron chi connectivity index (χ0n) is 35.1. The molecular weight excluding hydrogens is 835 g/mol. The number of likely N-dealkylation sites (N-methyl/N-ethyl adjacent to an activating group) is 1. The van der Waals surface area contributed by atoms with E-state index in [9.17, 15) is 40.9 Å². The first kappa shape index (κ1) is 44.1. The maximum atomic E-state index is 12.9. The number of carbonyl (C=O) groups is 1. The SMILES string of the molecule is CCN1c2cc3c(cc2C(C)=CC1(C)C)C(=CC=CC1=[N+](CCCS(=O)(=O)O)c2ccc(S(=O)(=O)O)cc2C1(C)CCCC(=O)On1c(O)ccc1O)C=C(c1ccccc1)O3. The number of fused-ring (bicyclic) bond motifs is 3. The van der Waals surface area contributed by atoms with Gasteiger partial charge in [-0.3, -0.25) is 9.11 Å². The van der Waals surface area contributed by atoms with Crippen molar-refractivity contribution in [3.63, 3.8) is 0 Å². The number of allylic oxidation sites excluding steroid dienone is 6. The minimum absolute atomic E-state index is 0.0144. The third-order valence-corrected chi connectivity index (χ3v) is 13.3. The summed E-state index contributed by atoms with van der Waals surface area (Å²) >= 11 is 0. The van der Waals surface area contributed by atoms with Crippen molar-refractivity contribution in [3.05, 3.63) is 125 Å². The third-order valence-electron chi connectivity index (χ3n) is 11.6. The van der Waals surface area contributed by atoms with Gasteiger partial charge in [0.1, 0.15) is 18.1 Å². The monoisotopic (exact) mass is 884 g/mol. The van der Waals surface area contributed by atoms with Crippen LogP contribution in [0.15, 0.2) is 108 Å². The van der Waals surface area contributed by atoms with Gasteiger partial charge in [-0.15, -0.1) is 4.73 Å². The lowest BCUT2D eigenvalue weighted by Gasteiger charge is -2.43. The number of ether oxygens (including phenoxy) is 1. The molecule has 4 N–H and O–H groups in total. The van der Waals surface area contributed by atoms with Crippen LogP contribution in [0.4, 0.5) is 11.4 Å². The first-order chi connectivity index (χ1) is 29.2. The molecule has 3 aromatic carbocycles. The fraction of sp³-hybridized carbons (Fsp3) is 0.304. The fourth-order valence-electron chi connectivity index (χ4n) is 8.81. The van der Waals surface area contributed by atoms with Crippen molar-refractivity contribution in [2.24, 2.45) is 0 Å². The van der Waals surface area contributed by atoms with Crippen LogP contribution in [0.25, 0.3) is 16.9 Å². The topological polar surface area (TPSA) is 196 Å². The highest BCUT2D eigenvalue weighted by atomic mass is 32.2. The van der Waals surface area contributed by atoms with Crippen molar-refractivity contribution < 1.29 is 55.1 Å². The molecule has 4 heterocycles. The molecule has 3 aliphatic heterocycles. The lowest BCUT2D eigenvalue weighted by molar-refractivity contribution is -0.437. The van der Waals surface area contributed by atoms with Gasteiger partial charge in [-0.25, -0.2) is 4.79 Å². The smallest absolute Gasteiger partial charge is 0.333 e. The third kappa shape index (κ3) is 8.86. The summed E-state index contributed by atoms with van der Waals surface area (Å²) in [6, 6.07) is 20.5. The standard InChI is InChI=1S/C46H49N3O11S2/c1-6-48-38-28-40-35(27-34(38)30(2)29-45(48,3)4)32(25-39(59-40)31-13-8-7-9-14-31)15-10-16-41-46(5,22-11-17-44(52)60-49-42(50)20-21-43(49)51)36-26-33(62(56,57)58)18-19-37(36)47(41)23-12-24-61(53,54)55/h7-10,13-16,18-21,25-29H,6,11-12,17,22-24H2,1-5H3,(H3-,50,51,53,54,55,56,57,58)/p+1. The van der Waals surface area contributed by atoms with Crippen LogP contribution >= 0.6 is 0 Å². The quantitative estimate of drug-likeness (QED) is 0.0713. The molecule has 0 aliphatic carbocycles. The molecule has 1 atom stereocenters. The van der Waals surface area contributed by atoms with Gasteiger partial charge in [0.2, 0.25) is 17.4 Å². The van der Waals surface area contributed by atoms with Crippen LogP contribution in [-0.2, 0) is 30.4 Å². The molecule has 62 heavy (non-hydrogen) atoms. The molecule has 0 fully saturated rings. The van der Waals surface area contributed by atoms with Crippen LogP contribution < -0.4 is 14.5 Å². The van der Waals surface area contributed by atoms with Gasteiger partial charge in [-0.2, -0.15) is 21.4 Å². The Bertz CT molecular complexity index is 2820. The molecule has 0 radical (unpaired) electrons. The fourth-order valence-corrected chi connectivity index (χ4v) is 9.82. The Labute approximate surface area is 361 Å². The van der Waals surface area contributed by atoms with E-state index in [4.69, 9.17) is 9.57 Å². The van der Waals surface area contributed by atoms with Crippen LogP contribution in [0.5, 0.6) is 17.5 Å². The van der Waals surface area contributed by atoms with Crippen molar-refractivity contribution >= 4 is 60.2 Å². The highest BCUT2D eigenvalue weighted by Gasteiger charge is 2.48. The lowest BCUT2D eigenvalue weighted by Crippen LogP contribution is -2.44. The minimum atomic E-state index is -4.64. The number of hydrogen-bond donors (Lipinski definition) is 4. The number of carbonyl (C=O) groups excluding carboxylic acids is 1. The Kier molecular flexibility index (Phi) is 11.9. The van der Waals surface area contributed by atoms with E-state index in [1.54, 1.807) is 6.07 Å². The summed E-state index contributed by atoms with van der Waals surface area (Å²) in [5.41, 5.74) is 6.28. The van der Waals surface area contributed by atoms with Gasteiger partial charge in [0.25, 0.3) is 20.2 Å². The average Bonchev–Trinajstić information content (AvgIpc) is 3.63. The number of anilines is 1. The van der Waals surface area contributed by atoms with Crippen molar-refractivity contribution in [1.82, 2.24) is 4.73 Å². The van der Waals surface area contributed by atoms with Crippen molar-refractivity contribution in [3.8, 4) is 17.5 Å². The van der Waals surface area contributed by atoms with Crippen LogP contribution in [-0.4, -0.2) is 81.5 Å². The van der Waals surface area contributed by atoms with Gasteiger partial charge in [0.15, 0.2) is 5.71 Å². The molecule has 16 heteroatoms. The molecule has 0 saturated heterocycles. The van der Waals surface area contributed by atoms with Crippen LogP contribution in [0.1, 0.15) is 82.6 Å². The predicted molar refractivity (Wildman–Crippen MR) is 237 cm³/mol. The molecule has 14 nitrogen and oxygen atoms in total. The number of aromatic hydroxyl groups is 2. The molecule has 1 aromatic heterocycles. The highest BCUT2D eigenvalue weighted by molar-refractivity contribution is 7.86.